The van der Waals surface area contributed by atoms with Crippen LogP contribution >= 0.6 is 0 Å². The van der Waals surface area contributed by atoms with Gasteiger partial charge in [0.25, 0.3) is 0 Å². The van der Waals surface area contributed by atoms with E-state index in [1.165, 1.54) is 37.8 Å². The zero-order valence-electron chi connectivity index (χ0n) is 12.7. The van der Waals surface area contributed by atoms with Crippen molar-refractivity contribution in [2.45, 2.75) is 71.4 Å². The van der Waals surface area contributed by atoms with Crippen molar-refractivity contribution in [2.75, 3.05) is 6.54 Å². The van der Waals surface area contributed by atoms with E-state index >= 15 is 0 Å². The van der Waals surface area contributed by atoms with Gasteiger partial charge >= 0.3 is 0 Å². The molecule has 0 aromatic carbocycles. The molecule has 2 rings (SSSR count). The smallest absolute Gasteiger partial charge is 0.0628 e. The number of hydrogen-bond acceptors (Lipinski definition) is 2. The van der Waals surface area contributed by atoms with Gasteiger partial charge in [0.1, 0.15) is 0 Å². The molecule has 108 valence electrons. The molecule has 1 aromatic heterocycles. The van der Waals surface area contributed by atoms with Gasteiger partial charge in [-0.25, -0.2) is 0 Å². The highest BCUT2D eigenvalue weighted by molar-refractivity contribution is 5.02. The van der Waals surface area contributed by atoms with Gasteiger partial charge in [0.2, 0.25) is 0 Å². The molecule has 0 amide bonds. The highest BCUT2D eigenvalue weighted by Crippen LogP contribution is 2.26. The second-order valence-electron chi connectivity index (χ2n) is 6.15. The number of rotatable bonds is 5. The lowest BCUT2D eigenvalue weighted by Gasteiger charge is -2.25. The minimum absolute atomic E-state index is 0.465. The summed E-state index contributed by atoms with van der Waals surface area (Å²) in [5.74, 6) is 0.762. The summed E-state index contributed by atoms with van der Waals surface area (Å²) in [5.41, 5.74) is 1.27. The third-order valence-corrected chi connectivity index (χ3v) is 4.29. The summed E-state index contributed by atoms with van der Waals surface area (Å²) < 4.78 is 2.08. The van der Waals surface area contributed by atoms with E-state index in [0.29, 0.717) is 12.1 Å². The van der Waals surface area contributed by atoms with Crippen LogP contribution in [-0.4, -0.2) is 22.4 Å². The standard InChI is InChI=1S/C16H29N3/c1-4-17-16-9-7-5-6-8-14(16)12-15-10-11-19(18-15)13(2)3/h10-11,13-14,16-17H,4-9,12H2,1-3H3. The molecule has 2 unspecified atom stereocenters. The molecular weight excluding hydrogens is 234 g/mol. The highest BCUT2D eigenvalue weighted by atomic mass is 15.3. The van der Waals surface area contributed by atoms with Gasteiger partial charge in [-0.2, -0.15) is 5.10 Å². The lowest BCUT2D eigenvalue weighted by atomic mass is 9.90. The molecule has 1 fully saturated rings. The van der Waals surface area contributed by atoms with E-state index in [9.17, 15) is 0 Å². The molecule has 0 bridgehead atoms. The van der Waals surface area contributed by atoms with E-state index in [-0.39, 0.29) is 0 Å². The third kappa shape index (κ3) is 4.07. The van der Waals surface area contributed by atoms with Crippen LogP contribution in [0.2, 0.25) is 0 Å². The molecular formula is C16H29N3. The van der Waals surface area contributed by atoms with Crippen molar-refractivity contribution in [3.8, 4) is 0 Å². The Labute approximate surface area is 117 Å². The van der Waals surface area contributed by atoms with Crippen molar-refractivity contribution in [3.05, 3.63) is 18.0 Å². The van der Waals surface area contributed by atoms with Crippen molar-refractivity contribution in [1.29, 1.82) is 0 Å². The van der Waals surface area contributed by atoms with Crippen LogP contribution in [0.1, 0.15) is 64.6 Å². The molecule has 0 saturated heterocycles. The number of aromatic nitrogens is 2. The predicted molar refractivity (Wildman–Crippen MR) is 80.4 cm³/mol. The van der Waals surface area contributed by atoms with Crippen LogP contribution in [0.5, 0.6) is 0 Å². The maximum atomic E-state index is 4.72. The topological polar surface area (TPSA) is 29.9 Å². The summed E-state index contributed by atoms with van der Waals surface area (Å²) in [5, 5.41) is 8.41. The molecule has 3 heteroatoms. The van der Waals surface area contributed by atoms with E-state index in [4.69, 9.17) is 5.10 Å². The fourth-order valence-electron chi connectivity index (χ4n) is 3.20. The first-order chi connectivity index (χ1) is 9.20. The quantitative estimate of drug-likeness (QED) is 0.823. The average molecular weight is 263 g/mol. The van der Waals surface area contributed by atoms with Gasteiger partial charge in [0.05, 0.1) is 5.69 Å². The maximum absolute atomic E-state index is 4.72. The maximum Gasteiger partial charge on any atom is 0.0628 e. The Morgan fingerprint density at radius 1 is 1.32 bits per heavy atom. The SMILES string of the molecule is CCNC1CCCCCC1Cc1ccn(C(C)C)n1. The fourth-order valence-corrected chi connectivity index (χ4v) is 3.20. The van der Waals surface area contributed by atoms with E-state index < -0.39 is 0 Å². The second kappa shape index (κ2) is 7.09. The lowest BCUT2D eigenvalue weighted by molar-refractivity contribution is 0.334. The van der Waals surface area contributed by atoms with Crippen LogP contribution < -0.4 is 5.32 Å². The van der Waals surface area contributed by atoms with E-state index in [1.54, 1.807) is 0 Å². The first-order valence-corrected chi connectivity index (χ1v) is 7.98. The Morgan fingerprint density at radius 2 is 2.11 bits per heavy atom. The van der Waals surface area contributed by atoms with Crippen molar-refractivity contribution < 1.29 is 0 Å². The molecule has 2 atom stereocenters. The summed E-state index contributed by atoms with van der Waals surface area (Å²) in [4.78, 5) is 0. The Balaban J connectivity index is 2.00. The van der Waals surface area contributed by atoms with Gasteiger partial charge in [-0.05, 0) is 51.6 Å². The van der Waals surface area contributed by atoms with Crippen molar-refractivity contribution in [2.24, 2.45) is 5.92 Å². The molecule has 1 aliphatic rings. The first kappa shape index (κ1) is 14.6. The molecule has 1 saturated carbocycles. The monoisotopic (exact) mass is 263 g/mol. The normalized spacial score (nSPS) is 24.6. The summed E-state index contributed by atoms with van der Waals surface area (Å²) in [6, 6.07) is 3.36. The zero-order chi connectivity index (χ0) is 13.7. The summed E-state index contributed by atoms with van der Waals surface area (Å²) in [6.07, 6.45) is 10.1. The van der Waals surface area contributed by atoms with E-state index in [2.05, 4.69) is 43.0 Å². The van der Waals surface area contributed by atoms with E-state index in [0.717, 1.165) is 18.9 Å². The van der Waals surface area contributed by atoms with Crippen LogP contribution in [0.25, 0.3) is 0 Å². The van der Waals surface area contributed by atoms with Gasteiger partial charge in [-0.15, -0.1) is 0 Å². The van der Waals surface area contributed by atoms with E-state index in [1.807, 2.05) is 0 Å². The van der Waals surface area contributed by atoms with Crippen LogP contribution in [-0.2, 0) is 6.42 Å². The molecule has 0 radical (unpaired) electrons. The Bertz CT molecular complexity index is 370. The van der Waals surface area contributed by atoms with Crippen LogP contribution in [0, 0.1) is 5.92 Å². The van der Waals surface area contributed by atoms with Gasteiger partial charge in [-0.1, -0.05) is 26.2 Å². The minimum atomic E-state index is 0.465. The molecule has 1 aromatic rings. The van der Waals surface area contributed by atoms with Crippen LogP contribution in [0.3, 0.4) is 0 Å². The summed E-state index contributed by atoms with van der Waals surface area (Å²) >= 11 is 0. The molecule has 0 aliphatic heterocycles. The van der Waals surface area contributed by atoms with Gasteiger partial charge in [0, 0.05) is 18.3 Å². The Kier molecular flexibility index (Phi) is 5.44. The summed E-state index contributed by atoms with van der Waals surface area (Å²) in [7, 11) is 0. The molecule has 3 nitrogen and oxygen atoms in total. The number of nitrogens with one attached hydrogen (secondary N) is 1. The van der Waals surface area contributed by atoms with Crippen molar-refractivity contribution >= 4 is 0 Å². The van der Waals surface area contributed by atoms with Gasteiger partial charge < -0.3 is 5.32 Å². The minimum Gasteiger partial charge on any atom is -0.314 e. The molecule has 1 N–H and O–H groups in total. The Morgan fingerprint density at radius 3 is 2.79 bits per heavy atom. The van der Waals surface area contributed by atoms with Gasteiger partial charge in [-0.3, -0.25) is 4.68 Å². The predicted octanol–water partition coefficient (Wildman–Crippen LogP) is 3.56. The highest BCUT2D eigenvalue weighted by Gasteiger charge is 2.23. The van der Waals surface area contributed by atoms with Crippen LogP contribution in [0.15, 0.2) is 12.3 Å². The molecule has 19 heavy (non-hydrogen) atoms. The molecule has 1 aliphatic carbocycles. The van der Waals surface area contributed by atoms with Crippen molar-refractivity contribution in [3.63, 3.8) is 0 Å². The Hall–Kier alpha value is -0.830. The lowest BCUT2D eigenvalue weighted by Crippen LogP contribution is -2.36. The second-order valence-corrected chi connectivity index (χ2v) is 6.15. The largest absolute Gasteiger partial charge is 0.314 e. The third-order valence-electron chi connectivity index (χ3n) is 4.29. The first-order valence-electron chi connectivity index (χ1n) is 7.98. The van der Waals surface area contributed by atoms with Crippen molar-refractivity contribution in [1.82, 2.24) is 15.1 Å². The fraction of sp³-hybridized carbons (Fsp3) is 0.812. The number of hydrogen-bond donors (Lipinski definition) is 1. The van der Waals surface area contributed by atoms with Gasteiger partial charge in [0.15, 0.2) is 0 Å². The molecule has 0 spiro atoms. The molecule has 1 heterocycles. The van der Waals surface area contributed by atoms with Crippen LogP contribution in [0.4, 0.5) is 0 Å². The summed E-state index contributed by atoms with van der Waals surface area (Å²) in [6.45, 7) is 7.67. The zero-order valence-corrected chi connectivity index (χ0v) is 12.7. The average Bonchev–Trinajstić information content (AvgIpc) is 2.74. The number of nitrogens with zero attached hydrogens (tertiary/aromatic N) is 2.